The minimum Gasteiger partial charge on any atom is -0.486 e. The fourth-order valence-corrected chi connectivity index (χ4v) is 2.74. The molecule has 1 atom stereocenters. The second-order valence-electron chi connectivity index (χ2n) is 4.67. The van der Waals surface area contributed by atoms with E-state index in [2.05, 4.69) is 5.32 Å². The van der Waals surface area contributed by atoms with Crippen LogP contribution >= 0.6 is 11.6 Å². The number of rotatable bonds is 3. The standard InChI is InChI=1S/C15H16ClNO3/c1-9-10(3-4-18-9)15(17-2)11-7-13-14(8-12(11)16)20-6-5-19-13/h3-4,7-8,15,17H,5-6H2,1-2H3. The molecule has 5 heteroatoms. The van der Waals surface area contributed by atoms with Gasteiger partial charge in [0.1, 0.15) is 19.0 Å². The Morgan fingerprint density at radius 2 is 1.85 bits per heavy atom. The number of fused-ring (bicyclic) bond motifs is 1. The minimum absolute atomic E-state index is 0.0444. The number of benzene rings is 1. The molecule has 1 N–H and O–H groups in total. The first-order valence-corrected chi connectivity index (χ1v) is 6.89. The summed E-state index contributed by atoms with van der Waals surface area (Å²) in [6, 6.07) is 5.65. The molecule has 0 fully saturated rings. The van der Waals surface area contributed by atoms with Gasteiger partial charge in [0.15, 0.2) is 11.5 Å². The van der Waals surface area contributed by atoms with E-state index in [4.69, 9.17) is 25.5 Å². The molecular formula is C15H16ClNO3. The molecule has 0 radical (unpaired) electrons. The van der Waals surface area contributed by atoms with E-state index >= 15 is 0 Å². The van der Waals surface area contributed by atoms with Crippen molar-refractivity contribution in [2.75, 3.05) is 20.3 Å². The molecule has 0 amide bonds. The molecule has 1 aromatic carbocycles. The molecule has 2 heterocycles. The molecule has 3 rings (SSSR count). The van der Waals surface area contributed by atoms with Gasteiger partial charge in [-0.2, -0.15) is 0 Å². The largest absolute Gasteiger partial charge is 0.486 e. The van der Waals surface area contributed by atoms with Crippen LogP contribution < -0.4 is 14.8 Å². The molecule has 106 valence electrons. The van der Waals surface area contributed by atoms with E-state index in [-0.39, 0.29) is 6.04 Å². The zero-order chi connectivity index (χ0) is 14.1. The van der Waals surface area contributed by atoms with Gasteiger partial charge in [-0.3, -0.25) is 0 Å². The minimum atomic E-state index is -0.0444. The number of hydrogen-bond acceptors (Lipinski definition) is 4. The van der Waals surface area contributed by atoms with Crippen molar-refractivity contribution >= 4 is 11.6 Å². The van der Waals surface area contributed by atoms with Gasteiger partial charge in [-0.15, -0.1) is 0 Å². The molecule has 0 saturated heterocycles. The zero-order valence-electron chi connectivity index (χ0n) is 11.4. The third-order valence-corrected chi connectivity index (χ3v) is 3.80. The summed E-state index contributed by atoms with van der Waals surface area (Å²) < 4.78 is 16.5. The first kappa shape index (κ1) is 13.3. The number of aryl methyl sites for hydroxylation is 1. The summed E-state index contributed by atoms with van der Waals surface area (Å²) in [6.07, 6.45) is 1.68. The van der Waals surface area contributed by atoms with Crippen LogP contribution in [0.3, 0.4) is 0 Å². The second-order valence-corrected chi connectivity index (χ2v) is 5.08. The average molecular weight is 294 g/mol. The lowest BCUT2D eigenvalue weighted by Gasteiger charge is -2.23. The molecular weight excluding hydrogens is 278 g/mol. The maximum Gasteiger partial charge on any atom is 0.162 e. The summed E-state index contributed by atoms with van der Waals surface area (Å²) >= 11 is 6.40. The Labute approximate surface area is 122 Å². The highest BCUT2D eigenvalue weighted by Crippen LogP contribution is 2.39. The predicted octanol–water partition coefficient (Wildman–Crippen LogP) is 3.32. The molecule has 4 nitrogen and oxygen atoms in total. The Kier molecular flexibility index (Phi) is 3.59. The van der Waals surface area contributed by atoms with E-state index in [9.17, 15) is 0 Å². The maximum atomic E-state index is 6.40. The van der Waals surface area contributed by atoms with E-state index in [1.54, 1.807) is 6.26 Å². The molecule has 0 spiro atoms. The van der Waals surface area contributed by atoms with Crippen molar-refractivity contribution in [2.24, 2.45) is 0 Å². The summed E-state index contributed by atoms with van der Waals surface area (Å²) in [4.78, 5) is 0. The first-order valence-electron chi connectivity index (χ1n) is 6.51. The summed E-state index contributed by atoms with van der Waals surface area (Å²) in [5, 5.41) is 3.92. The summed E-state index contributed by atoms with van der Waals surface area (Å²) in [6.45, 7) is 3.05. The van der Waals surface area contributed by atoms with Crippen molar-refractivity contribution in [1.29, 1.82) is 0 Å². The van der Waals surface area contributed by atoms with Crippen LogP contribution in [0.15, 0.2) is 28.9 Å². The Bertz CT molecular complexity index is 624. The summed E-state index contributed by atoms with van der Waals surface area (Å²) in [7, 11) is 1.89. The third-order valence-electron chi connectivity index (χ3n) is 3.47. The lowest BCUT2D eigenvalue weighted by Crippen LogP contribution is -2.20. The van der Waals surface area contributed by atoms with Gasteiger partial charge in [-0.25, -0.2) is 0 Å². The van der Waals surface area contributed by atoms with Gasteiger partial charge in [0.25, 0.3) is 0 Å². The Morgan fingerprint density at radius 3 is 2.45 bits per heavy atom. The van der Waals surface area contributed by atoms with Crippen molar-refractivity contribution in [2.45, 2.75) is 13.0 Å². The third kappa shape index (κ3) is 2.25. The Hall–Kier alpha value is -1.65. The zero-order valence-corrected chi connectivity index (χ0v) is 12.2. The Balaban J connectivity index is 2.06. The van der Waals surface area contributed by atoms with E-state index in [0.29, 0.717) is 24.0 Å². The van der Waals surface area contributed by atoms with Crippen LogP contribution in [-0.4, -0.2) is 20.3 Å². The first-order chi connectivity index (χ1) is 9.70. The van der Waals surface area contributed by atoms with E-state index in [1.807, 2.05) is 32.2 Å². The molecule has 1 aliphatic rings. The molecule has 1 aromatic heterocycles. The van der Waals surface area contributed by atoms with Crippen molar-refractivity contribution in [1.82, 2.24) is 5.32 Å². The Morgan fingerprint density at radius 1 is 1.15 bits per heavy atom. The molecule has 1 aliphatic heterocycles. The number of nitrogens with one attached hydrogen (secondary N) is 1. The van der Waals surface area contributed by atoms with E-state index in [0.717, 1.165) is 22.6 Å². The SMILES string of the molecule is CNC(c1cc2c(cc1Cl)OCCO2)c1ccoc1C. The topological polar surface area (TPSA) is 43.6 Å². The predicted molar refractivity (Wildman–Crippen MR) is 76.8 cm³/mol. The lowest BCUT2D eigenvalue weighted by atomic mass is 9.98. The summed E-state index contributed by atoms with van der Waals surface area (Å²) in [5.74, 6) is 2.30. The van der Waals surface area contributed by atoms with E-state index < -0.39 is 0 Å². The van der Waals surface area contributed by atoms with E-state index in [1.165, 1.54) is 0 Å². The van der Waals surface area contributed by atoms with Crippen LogP contribution in [0.5, 0.6) is 11.5 Å². The van der Waals surface area contributed by atoms with Gasteiger partial charge in [0, 0.05) is 16.7 Å². The molecule has 0 bridgehead atoms. The fourth-order valence-electron chi connectivity index (χ4n) is 2.47. The van der Waals surface area contributed by atoms with Crippen LogP contribution in [0.4, 0.5) is 0 Å². The average Bonchev–Trinajstić information content (AvgIpc) is 2.87. The molecule has 2 aromatic rings. The highest BCUT2D eigenvalue weighted by molar-refractivity contribution is 6.31. The number of furan rings is 1. The van der Waals surface area contributed by atoms with Crippen LogP contribution in [0.2, 0.25) is 5.02 Å². The normalized spacial score (nSPS) is 15.2. The van der Waals surface area contributed by atoms with Crippen molar-refractivity contribution in [3.8, 4) is 11.5 Å². The lowest BCUT2D eigenvalue weighted by molar-refractivity contribution is 0.171. The summed E-state index contributed by atoms with van der Waals surface area (Å²) in [5.41, 5.74) is 2.01. The van der Waals surface area contributed by atoms with Gasteiger partial charge >= 0.3 is 0 Å². The monoisotopic (exact) mass is 293 g/mol. The van der Waals surface area contributed by atoms with Gasteiger partial charge in [-0.05, 0) is 31.7 Å². The number of halogens is 1. The highest BCUT2D eigenvalue weighted by atomic mass is 35.5. The second kappa shape index (κ2) is 5.38. The molecule has 0 aliphatic carbocycles. The molecule has 20 heavy (non-hydrogen) atoms. The fraction of sp³-hybridized carbons (Fsp3) is 0.333. The smallest absolute Gasteiger partial charge is 0.162 e. The van der Waals surface area contributed by atoms with Gasteiger partial charge in [0.2, 0.25) is 0 Å². The van der Waals surface area contributed by atoms with Crippen LogP contribution in [-0.2, 0) is 0 Å². The van der Waals surface area contributed by atoms with Crippen LogP contribution in [0.25, 0.3) is 0 Å². The molecule has 0 saturated carbocycles. The van der Waals surface area contributed by atoms with Gasteiger partial charge in [-0.1, -0.05) is 11.6 Å². The van der Waals surface area contributed by atoms with Gasteiger partial charge < -0.3 is 19.2 Å². The number of ether oxygens (including phenoxy) is 2. The van der Waals surface area contributed by atoms with Crippen molar-refractivity contribution < 1.29 is 13.9 Å². The van der Waals surface area contributed by atoms with Crippen molar-refractivity contribution in [3.63, 3.8) is 0 Å². The van der Waals surface area contributed by atoms with Crippen LogP contribution in [0, 0.1) is 6.92 Å². The van der Waals surface area contributed by atoms with Crippen molar-refractivity contribution in [3.05, 3.63) is 46.4 Å². The quantitative estimate of drug-likeness (QED) is 0.943. The van der Waals surface area contributed by atoms with Gasteiger partial charge in [0.05, 0.1) is 12.3 Å². The molecule has 1 unspecified atom stereocenters. The van der Waals surface area contributed by atoms with Crippen LogP contribution in [0.1, 0.15) is 22.9 Å². The number of hydrogen-bond donors (Lipinski definition) is 1. The highest BCUT2D eigenvalue weighted by Gasteiger charge is 2.22. The maximum absolute atomic E-state index is 6.40.